The average molecular weight is 1130 g/mol. The van der Waals surface area contributed by atoms with E-state index in [1.54, 1.807) is 0 Å². The lowest BCUT2D eigenvalue weighted by molar-refractivity contribution is -0.701. The number of ether oxygens (including phenoxy) is 4. The number of nitrogens with zero attached hydrogens (tertiary/aromatic N) is 4. The molecule has 0 radical (unpaired) electrons. The van der Waals surface area contributed by atoms with E-state index in [9.17, 15) is 0 Å². The molecule has 0 amide bonds. The molecule has 28 aliphatic heterocycles. The summed E-state index contributed by atoms with van der Waals surface area (Å²) in [4.78, 5) is 0. The third kappa shape index (κ3) is 14.9. The molecule has 0 aromatic carbocycles. The van der Waals surface area contributed by atoms with Gasteiger partial charge in [0.25, 0.3) is 0 Å². The third-order valence-corrected chi connectivity index (χ3v) is 18.0. The summed E-state index contributed by atoms with van der Waals surface area (Å²) in [5.74, 6) is 6.20. The molecular weight excluding hydrogens is 1030 g/mol. The smallest absolute Gasteiger partial charge is 0.169 e. The van der Waals surface area contributed by atoms with Crippen LogP contribution in [0, 0.1) is 35.5 Å². The summed E-state index contributed by atoms with van der Waals surface area (Å²) in [6.07, 6.45) is 65.6. The fourth-order valence-corrected chi connectivity index (χ4v) is 12.7. The van der Waals surface area contributed by atoms with Gasteiger partial charge in [-0.05, 0) is 108 Å². The van der Waals surface area contributed by atoms with E-state index in [2.05, 4.69) is 229 Å². The topological polar surface area (TPSA) is 52.4 Å². The quantitative estimate of drug-likeness (QED) is 0.0829. The van der Waals surface area contributed by atoms with Gasteiger partial charge in [0.2, 0.25) is 0 Å². The van der Waals surface area contributed by atoms with Gasteiger partial charge in [0.15, 0.2) is 75.8 Å². The highest BCUT2D eigenvalue weighted by Gasteiger charge is 2.33. The molecule has 6 unspecified atom stereocenters. The van der Waals surface area contributed by atoms with Crippen LogP contribution in [0.3, 0.4) is 0 Å². The Morgan fingerprint density at radius 3 is 0.940 bits per heavy atom. The van der Waals surface area contributed by atoms with Crippen molar-refractivity contribution in [3.8, 4) is 22.3 Å². The van der Waals surface area contributed by atoms with Crippen molar-refractivity contribution in [1.29, 1.82) is 0 Å². The molecule has 8 heteroatoms. The molecule has 4 aromatic rings. The minimum absolute atomic E-state index is 0.130. The van der Waals surface area contributed by atoms with Crippen molar-refractivity contribution in [1.82, 2.24) is 0 Å². The maximum Gasteiger partial charge on any atom is 0.169 e. The number of allylic oxidation sites excluding steroid dienone is 22. The van der Waals surface area contributed by atoms with E-state index >= 15 is 0 Å². The second-order valence-corrected chi connectivity index (χ2v) is 24.4. The van der Waals surface area contributed by atoms with Gasteiger partial charge in [-0.1, -0.05) is 126 Å². The number of pyridine rings is 4. The molecule has 0 N–H and O–H groups in total. The summed E-state index contributed by atoms with van der Waals surface area (Å²) in [7, 11) is 0. The molecule has 436 valence electrons. The maximum absolute atomic E-state index is 6.75. The largest absolute Gasteiger partial charge is 0.497 e. The molecule has 6 aliphatic carbocycles. The summed E-state index contributed by atoms with van der Waals surface area (Å²) in [5, 5.41) is 0. The van der Waals surface area contributed by atoms with Crippen LogP contribution in [0.15, 0.2) is 240 Å². The van der Waals surface area contributed by atoms with Gasteiger partial charge in [-0.25, -0.2) is 18.3 Å². The number of aromatic nitrogens is 4. The van der Waals surface area contributed by atoms with Gasteiger partial charge < -0.3 is 18.9 Å². The van der Waals surface area contributed by atoms with E-state index in [0.29, 0.717) is 23.7 Å². The molecule has 8 nitrogen and oxygen atoms in total. The Morgan fingerprint density at radius 1 is 0.369 bits per heavy atom. The minimum atomic E-state index is 0.130. The Morgan fingerprint density at radius 2 is 0.667 bits per heavy atom. The van der Waals surface area contributed by atoms with Crippen molar-refractivity contribution in [2.45, 2.75) is 144 Å². The van der Waals surface area contributed by atoms with Crippen LogP contribution in [-0.2, 0) is 45.1 Å². The maximum atomic E-state index is 6.75. The number of hydrogen-bond donors (Lipinski definition) is 0. The van der Waals surface area contributed by atoms with Gasteiger partial charge in [-0.2, -0.15) is 0 Å². The second kappa shape index (κ2) is 29.0. The first kappa shape index (κ1) is 58.5. The van der Waals surface area contributed by atoms with Crippen LogP contribution in [0.4, 0.5) is 0 Å². The normalized spacial score (nSPS) is 23.0. The van der Waals surface area contributed by atoms with Crippen LogP contribution in [0.2, 0.25) is 0 Å². The van der Waals surface area contributed by atoms with E-state index in [4.69, 9.17) is 18.9 Å². The molecule has 34 aliphatic rings. The molecule has 6 atom stereocenters. The summed E-state index contributed by atoms with van der Waals surface area (Å²) in [6.45, 7) is 15.6. The fourth-order valence-electron chi connectivity index (χ4n) is 12.7. The van der Waals surface area contributed by atoms with Gasteiger partial charge in [0.05, 0.1) is 26.4 Å². The molecular formula is C76H92N4O4+4. The van der Waals surface area contributed by atoms with Crippen LogP contribution in [0.5, 0.6) is 0 Å². The van der Waals surface area contributed by atoms with Gasteiger partial charge in [0, 0.05) is 108 Å². The Balaban J connectivity index is 0.844. The Labute approximate surface area is 502 Å². The fraction of sp³-hybridized carbons (Fsp3) is 0.421. The number of hydrogen-bond acceptors (Lipinski definition) is 4. The van der Waals surface area contributed by atoms with Gasteiger partial charge in [-0.3, -0.25) is 0 Å². The van der Waals surface area contributed by atoms with E-state index < -0.39 is 0 Å². The first-order valence-corrected chi connectivity index (χ1v) is 32.3. The van der Waals surface area contributed by atoms with Crippen molar-refractivity contribution >= 4 is 0 Å². The van der Waals surface area contributed by atoms with Crippen molar-refractivity contribution in [2.75, 3.05) is 26.4 Å². The van der Waals surface area contributed by atoms with Crippen molar-refractivity contribution in [3.63, 3.8) is 0 Å². The zero-order chi connectivity index (χ0) is 57.5. The van der Waals surface area contributed by atoms with Crippen molar-refractivity contribution in [3.05, 3.63) is 240 Å². The molecule has 84 heavy (non-hydrogen) atoms. The van der Waals surface area contributed by atoms with E-state index in [1.807, 2.05) is 0 Å². The standard InChI is InChI=1S/C76H92N4O4/c1-5-9-45-81-73-49-70-66-23-15-58(16-24-66)54-78-39-31-62(32-40-78)64-35-43-80(44-36-64)56-60-19-27-68(28-20-60)72-52-75(83-47-11-7-3)71(51-76(72)84-48-12-8-4)67-25-17-59(18-26-67)55-79-41-33-63(34-42-79)61-29-37-77(38-30-61)53-57-13-21-65(22-14-57)69(73)50-74(70)82-46-10-6-2/h13,15,17,19,21-44,49,52,57-60,69,71H,5-12,14,16,18,20,45-48,50-51,53-56H2,1-4H3/q+4. The van der Waals surface area contributed by atoms with E-state index in [-0.39, 0.29) is 11.8 Å². The molecule has 0 fully saturated rings. The van der Waals surface area contributed by atoms with Gasteiger partial charge in [0.1, 0.15) is 23.0 Å². The molecule has 20 bridgehead atoms. The van der Waals surface area contributed by atoms with Crippen LogP contribution in [0.1, 0.15) is 118 Å². The van der Waals surface area contributed by atoms with E-state index in [1.165, 1.54) is 55.7 Å². The zero-order valence-corrected chi connectivity index (χ0v) is 50.8. The summed E-state index contributed by atoms with van der Waals surface area (Å²) < 4.78 is 36.3. The lowest BCUT2D eigenvalue weighted by Gasteiger charge is -2.31. The molecule has 0 spiro atoms. The predicted octanol–water partition coefficient (Wildman–Crippen LogP) is 15.5. The summed E-state index contributed by atoms with van der Waals surface area (Å²) in [6, 6.07) is 18.1. The van der Waals surface area contributed by atoms with Crippen molar-refractivity contribution < 1.29 is 37.2 Å². The molecule has 4 aromatic heterocycles. The molecule has 32 heterocycles. The van der Waals surface area contributed by atoms with Crippen LogP contribution >= 0.6 is 0 Å². The Kier molecular flexibility index (Phi) is 20.2. The lowest BCUT2D eigenvalue weighted by atomic mass is 9.80. The van der Waals surface area contributed by atoms with Crippen LogP contribution < -0.4 is 18.3 Å². The summed E-state index contributed by atoms with van der Waals surface area (Å²) >= 11 is 0. The first-order chi connectivity index (χ1) is 41.4. The SMILES string of the molecule is CCCCOC1=CC2=C(OCCCC)CC1C1=CCC(C=C1)C[n+]1ccc(cc1)-c1cc[n+](cc1)CC1C=CC(=CC1)C1CC(OCCCC)=C(C=C1OCCCC)C1=CCC(C=C1)C[n+]1ccc(cc1)-c1cc[n+](cc1)CC1C=CC2=CC1. The third-order valence-electron chi connectivity index (χ3n) is 18.0. The van der Waals surface area contributed by atoms with Gasteiger partial charge in [-0.15, -0.1) is 0 Å². The predicted molar refractivity (Wildman–Crippen MR) is 336 cm³/mol. The number of unbranched alkanes of at least 4 members (excludes halogenated alkanes) is 4. The van der Waals surface area contributed by atoms with Crippen LogP contribution in [-0.4, -0.2) is 26.4 Å². The van der Waals surface area contributed by atoms with E-state index in [0.717, 1.165) is 166 Å². The molecule has 0 saturated carbocycles. The lowest BCUT2D eigenvalue weighted by Crippen LogP contribution is -2.37. The van der Waals surface area contributed by atoms with Crippen molar-refractivity contribution in [2.24, 2.45) is 35.5 Å². The highest BCUT2D eigenvalue weighted by Crippen LogP contribution is 2.43. The Bertz CT molecular complexity index is 3070. The minimum Gasteiger partial charge on any atom is -0.497 e. The average Bonchev–Trinajstić information content (AvgIpc) is 3.73. The van der Waals surface area contributed by atoms with Gasteiger partial charge >= 0.3 is 0 Å². The molecule has 38 rings (SSSR count). The summed E-state index contributed by atoms with van der Waals surface area (Å²) in [5.41, 5.74) is 12.5. The van der Waals surface area contributed by atoms with Crippen LogP contribution in [0.25, 0.3) is 22.3 Å². The monoisotopic (exact) mass is 1120 g/mol. The highest BCUT2D eigenvalue weighted by atomic mass is 16.5. The first-order valence-electron chi connectivity index (χ1n) is 32.3. The zero-order valence-electron chi connectivity index (χ0n) is 50.8. The number of rotatable bonds is 16. The Hall–Kier alpha value is -7.32. The molecule has 0 saturated heterocycles. The highest BCUT2D eigenvalue weighted by molar-refractivity contribution is 5.62. The second-order valence-electron chi connectivity index (χ2n) is 24.4.